The quantitative estimate of drug-likeness (QED) is 0.806. The van der Waals surface area contributed by atoms with Crippen LogP contribution < -0.4 is 0 Å². The lowest BCUT2D eigenvalue weighted by Crippen LogP contribution is -2.36. The van der Waals surface area contributed by atoms with Crippen molar-refractivity contribution in [1.29, 1.82) is 0 Å². The van der Waals surface area contributed by atoms with Crippen LogP contribution in [0.25, 0.3) is 5.65 Å². The van der Waals surface area contributed by atoms with Gasteiger partial charge in [0.05, 0.1) is 11.4 Å². The molecule has 3 nitrogen and oxygen atoms in total. The predicted octanol–water partition coefficient (Wildman–Crippen LogP) is 3.17. The Morgan fingerprint density at radius 1 is 1.33 bits per heavy atom. The highest BCUT2D eigenvalue weighted by molar-refractivity contribution is 9.10. The summed E-state index contributed by atoms with van der Waals surface area (Å²) >= 11 is 3.61. The number of halogens is 1. The van der Waals surface area contributed by atoms with E-state index >= 15 is 0 Å². The highest BCUT2D eigenvalue weighted by Crippen LogP contribution is 2.26. The summed E-state index contributed by atoms with van der Waals surface area (Å²) in [6.07, 6.45) is 1.06. The molecule has 0 fully saturated rings. The number of aryl methyl sites for hydroxylation is 1. The van der Waals surface area contributed by atoms with E-state index in [1.54, 1.807) is 0 Å². The van der Waals surface area contributed by atoms with Crippen molar-refractivity contribution in [2.45, 2.75) is 39.8 Å². The molecule has 0 unspecified atom stereocenters. The molecule has 2 aromatic rings. The minimum atomic E-state index is 0.594. The molecule has 0 spiro atoms. The first kappa shape index (κ1) is 12.2. The summed E-state index contributed by atoms with van der Waals surface area (Å²) in [4.78, 5) is 7.28. The number of hydrogen-bond donors (Lipinski definition) is 0. The highest BCUT2D eigenvalue weighted by Gasteiger charge is 2.23. The van der Waals surface area contributed by atoms with E-state index in [-0.39, 0.29) is 0 Å². The summed E-state index contributed by atoms with van der Waals surface area (Å²) in [5, 5.41) is 0. The smallest absolute Gasteiger partial charge is 0.137 e. The summed E-state index contributed by atoms with van der Waals surface area (Å²) < 4.78 is 3.45. The van der Waals surface area contributed by atoms with Gasteiger partial charge in [0.1, 0.15) is 5.65 Å². The Balaban J connectivity index is 2.17. The van der Waals surface area contributed by atoms with Gasteiger partial charge >= 0.3 is 0 Å². The van der Waals surface area contributed by atoms with Crippen LogP contribution in [0.15, 0.2) is 16.6 Å². The molecule has 0 saturated carbocycles. The molecule has 0 radical (unpaired) electrons. The maximum atomic E-state index is 4.76. The lowest BCUT2D eigenvalue weighted by molar-refractivity contribution is 0.199. The van der Waals surface area contributed by atoms with Crippen molar-refractivity contribution in [2.24, 2.45) is 0 Å². The zero-order valence-corrected chi connectivity index (χ0v) is 12.7. The fraction of sp³-hybridized carbons (Fsp3) is 0.500. The highest BCUT2D eigenvalue weighted by atomic mass is 79.9. The van der Waals surface area contributed by atoms with E-state index in [4.69, 9.17) is 4.98 Å². The maximum absolute atomic E-state index is 4.76. The van der Waals surface area contributed by atoms with Crippen LogP contribution in [-0.2, 0) is 13.0 Å². The van der Waals surface area contributed by atoms with Gasteiger partial charge in [0.2, 0.25) is 0 Å². The van der Waals surface area contributed by atoms with Crippen LogP contribution in [-0.4, -0.2) is 26.9 Å². The van der Waals surface area contributed by atoms with Crippen molar-refractivity contribution >= 4 is 21.6 Å². The van der Waals surface area contributed by atoms with Crippen LogP contribution in [0, 0.1) is 6.92 Å². The first-order chi connectivity index (χ1) is 8.58. The van der Waals surface area contributed by atoms with E-state index in [0.717, 1.165) is 29.6 Å². The Morgan fingerprint density at radius 2 is 2.11 bits per heavy atom. The van der Waals surface area contributed by atoms with Crippen molar-refractivity contribution in [3.63, 3.8) is 0 Å². The van der Waals surface area contributed by atoms with Gasteiger partial charge in [-0.05, 0) is 48.8 Å². The van der Waals surface area contributed by atoms with Crippen molar-refractivity contribution in [3.05, 3.63) is 33.7 Å². The topological polar surface area (TPSA) is 20.5 Å². The monoisotopic (exact) mass is 307 g/mol. The van der Waals surface area contributed by atoms with E-state index in [2.05, 4.69) is 58.1 Å². The van der Waals surface area contributed by atoms with Crippen molar-refractivity contribution < 1.29 is 0 Å². The number of nitrogens with zero attached hydrogens (tertiary/aromatic N) is 3. The average Bonchev–Trinajstić information content (AvgIpc) is 2.71. The molecule has 2 aromatic heterocycles. The molecule has 0 atom stereocenters. The normalized spacial score (nSPS) is 16.5. The van der Waals surface area contributed by atoms with Gasteiger partial charge in [-0.2, -0.15) is 0 Å². The van der Waals surface area contributed by atoms with Gasteiger partial charge in [-0.25, -0.2) is 4.98 Å². The van der Waals surface area contributed by atoms with Crippen LogP contribution in [0.4, 0.5) is 0 Å². The molecule has 0 aromatic carbocycles. The zero-order valence-electron chi connectivity index (χ0n) is 11.1. The first-order valence-corrected chi connectivity index (χ1v) is 7.26. The molecule has 3 heterocycles. The molecule has 0 N–H and O–H groups in total. The van der Waals surface area contributed by atoms with Gasteiger partial charge in [0.15, 0.2) is 0 Å². The number of hydrogen-bond acceptors (Lipinski definition) is 2. The van der Waals surface area contributed by atoms with E-state index in [1.807, 2.05) is 0 Å². The summed E-state index contributed by atoms with van der Waals surface area (Å²) in [6, 6.07) is 4.77. The number of fused-ring (bicyclic) bond motifs is 3. The van der Waals surface area contributed by atoms with Gasteiger partial charge < -0.3 is 0 Å². The van der Waals surface area contributed by atoms with Crippen LogP contribution >= 0.6 is 15.9 Å². The Labute approximate surface area is 116 Å². The second-order valence-electron chi connectivity index (χ2n) is 5.28. The fourth-order valence-corrected chi connectivity index (χ4v) is 3.01. The average molecular weight is 308 g/mol. The van der Waals surface area contributed by atoms with Crippen molar-refractivity contribution in [1.82, 2.24) is 14.3 Å². The molecular weight excluding hydrogens is 290 g/mol. The van der Waals surface area contributed by atoms with Crippen molar-refractivity contribution in [2.75, 3.05) is 6.54 Å². The van der Waals surface area contributed by atoms with E-state index in [1.165, 1.54) is 17.1 Å². The molecule has 96 valence electrons. The lowest BCUT2D eigenvalue weighted by Gasteiger charge is -2.30. The second-order valence-corrected chi connectivity index (χ2v) is 6.13. The molecule has 3 rings (SSSR count). The lowest BCUT2D eigenvalue weighted by atomic mass is 10.1. The summed E-state index contributed by atoms with van der Waals surface area (Å²) in [6.45, 7) is 8.79. The minimum absolute atomic E-state index is 0.594. The molecule has 0 aliphatic carbocycles. The Bertz CT molecular complexity index is 601. The van der Waals surface area contributed by atoms with Crippen LogP contribution in [0.3, 0.4) is 0 Å². The standard InChI is InChI=1S/C14H18BrN3/c1-9(2)17-7-6-12-13(8-17)18-10(3)11(15)4-5-14(18)16-12/h4-5,9H,6-8H2,1-3H3. The molecular formula is C14H18BrN3. The summed E-state index contributed by atoms with van der Waals surface area (Å²) in [7, 11) is 0. The molecule has 1 aliphatic rings. The first-order valence-electron chi connectivity index (χ1n) is 6.47. The fourth-order valence-electron chi connectivity index (χ4n) is 2.71. The number of rotatable bonds is 1. The zero-order chi connectivity index (χ0) is 12.9. The Hall–Kier alpha value is -0.870. The van der Waals surface area contributed by atoms with E-state index in [9.17, 15) is 0 Å². The third kappa shape index (κ3) is 1.79. The Morgan fingerprint density at radius 3 is 2.83 bits per heavy atom. The maximum Gasteiger partial charge on any atom is 0.137 e. The van der Waals surface area contributed by atoms with E-state index in [0.29, 0.717) is 6.04 Å². The third-order valence-electron chi connectivity index (χ3n) is 3.86. The third-order valence-corrected chi connectivity index (χ3v) is 4.70. The van der Waals surface area contributed by atoms with Crippen LogP contribution in [0.2, 0.25) is 0 Å². The molecule has 4 heteroatoms. The van der Waals surface area contributed by atoms with Crippen LogP contribution in [0.5, 0.6) is 0 Å². The summed E-state index contributed by atoms with van der Waals surface area (Å²) in [5.41, 5.74) is 4.95. The molecule has 0 amide bonds. The predicted molar refractivity (Wildman–Crippen MR) is 76.9 cm³/mol. The molecule has 18 heavy (non-hydrogen) atoms. The SMILES string of the molecule is Cc1c(Br)ccc2nc3c(n12)CN(C(C)C)CC3. The van der Waals surface area contributed by atoms with Gasteiger partial charge in [0.25, 0.3) is 0 Å². The molecule has 0 saturated heterocycles. The number of pyridine rings is 1. The van der Waals surface area contributed by atoms with E-state index < -0.39 is 0 Å². The van der Waals surface area contributed by atoms with Crippen molar-refractivity contribution in [3.8, 4) is 0 Å². The molecule has 1 aliphatic heterocycles. The van der Waals surface area contributed by atoms with Gasteiger partial charge in [-0.1, -0.05) is 0 Å². The number of aromatic nitrogens is 2. The van der Waals surface area contributed by atoms with Gasteiger partial charge in [0, 0.05) is 35.7 Å². The largest absolute Gasteiger partial charge is 0.299 e. The van der Waals surface area contributed by atoms with Gasteiger partial charge in [-0.3, -0.25) is 9.30 Å². The second kappa shape index (κ2) is 4.35. The van der Waals surface area contributed by atoms with Gasteiger partial charge in [-0.15, -0.1) is 0 Å². The summed E-state index contributed by atoms with van der Waals surface area (Å²) in [5.74, 6) is 0. The number of imidazole rings is 1. The Kier molecular flexibility index (Phi) is 2.94. The molecule has 0 bridgehead atoms. The van der Waals surface area contributed by atoms with Crippen LogP contribution in [0.1, 0.15) is 30.9 Å². The minimum Gasteiger partial charge on any atom is -0.299 e.